The van der Waals surface area contributed by atoms with Crippen LogP contribution in [0.2, 0.25) is 0 Å². The van der Waals surface area contributed by atoms with Gasteiger partial charge in [-0.15, -0.1) is 0 Å². The molecule has 118 valence electrons. The summed E-state index contributed by atoms with van der Waals surface area (Å²) in [5, 5.41) is 3.53. The summed E-state index contributed by atoms with van der Waals surface area (Å²) >= 11 is 0. The van der Waals surface area contributed by atoms with Crippen molar-refractivity contribution in [1.82, 2.24) is 10.2 Å². The number of piperidine rings is 1. The van der Waals surface area contributed by atoms with Gasteiger partial charge in [0.1, 0.15) is 0 Å². The minimum Gasteiger partial charge on any atom is -0.313 e. The van der Waals surface area contributed by atoms with Gasteiger partial charge in [0.2, 0.25) is 0 Å². The molecule has 1 saturated heterocycles. The van der Waals surface area contributed by atoms with Gasteiger partial charge in [-0.1, -0.05) is 18.6 Å². The summed E-state index contributed by atoms with van der Waals surface area (Å²) in [6, 6.07) is 5.04. The first-order chi connectivity index (χ1) is 10.0. The molecule has 2 rings (SSSR count). The van der Waals surface area contributed by atoms with E-state index >= 15 is 0 Å². The van der Waals surface area contributed by atoms with Crippen LogP contribution in [0.15, 0.2) is 18.2 Å². The number of rotatable bonds is 5. The van der Waals surface area contributed by atoms with E-state index in [1.807, 2.05) is 6.92 Å². The van der Waals surface area contributed by atoms with Gasteiger partial charge in [-0.25, -0.2) is 8.78 Å². The van der Waals surface area contributed by atoms with Crippen molar-refractivity contribution >= 4 is 0 Å². The Morgan fingerprint density at radius 1 is 1.24 bits per heavy atom. The van der Waals surface area contributed by atoms with E-state index in [1.54, 1.807) is 12.1 Å². The molecule has 1 heterocycles. The lowest BCUT2D eigenvalue weighted by molar-refractivity contribution is 0.135. The highest BCUT2D eigenvalue weighted by Crippen LogP contribution is 2.27. The van der Waals surface area contributed by atoms with Crippen LogP contribution in [0.4, 0.5) is 8.78 Å². The Balaban J connectivity index is 2.14. The average Bonchev–Trinajstić information content (AvgIpc) is 2.48. The summed E-state index contributed by atoms with van der Waals surface area (Å²) in [7, 11) is 0. The second-order valence-corrected chi connectivity index (χ2v) is 6.26. The van der Waals surface area contributed by atoms with Crippen LogP contribution >= 0.6 is 0 Å². The molecule has 0 aromatic heterocycles. The summed E-state index contributed by atoms with van der Waals surface area (Å²) in [5.41, 5.74) is 0.444. The van der Waals surface area contributed by atoms with Crippen LogP contribution in [0.25, 0.3) is 0 Å². The van der Waals surface area contributed by atoms with Crippen molar-refractivity contribution in [1.29, 1.82) is 0 Å². The van der Waals surface area contributed by atoms with E-state index in [-0.39, 0.29) is 12.1 Å². The number of nitrogens with zero attached hydrogens (tertiary/aromatic N) is 1. The topological polar surface area (TPSA) is 15.3 Å². The van der Waals surface area contributed by atoms with E-state index in [9.17, 15) is 8.78 Å². The van der Waals surface area contributed by atoms with Gasteiger partial charge in [-0.2, -0.15) is 0 Å². The van der Waals surface area contributed by atoms with Crippen LogP contribution in [-0.2, 0) is 0 Å². The molecule has 4 heteroatoms. The molecule has 0 radical (unpaired) electrons. The molecule has 0 bridgehead atoms. The Morgan fingerprint density at radius 3 is 2.62 bits per heavy atom. The monoisotopic (exact) mass is 296 g/mol. The standard InChI is InChI=1S/C17H26F2N2/c1-12(2)21(11-14-7-4-5-10-20-14)13(3)15-8-6-9-16(18)17(15)19/h6,8-9,12-14,20H,4-5,7,10-11H2,1-3H3. The van der Waals surface area contributed by atoms with Crippen LogP contribution in [0.3, 0.4) is 0 Å². The highest BCUT2D eigenvalue weighted by molar-refractivity contribution is 5.22. The maximum Gasteiger partial charge on any atom is 0.163 e. The number of hydrogen-bond donors (Lipinski definition) is 1. The van der Waals surface area contributed by atoms with E-state index in [0.29, 0.717) is 11.6 Å². The van der Waals surface area contributed by atoms with Crippen LogP contribution in [0, 0.1) is 11.6 Å². The highest BCUT2D eigenvalue weighted by Gasteiger charge is 2.26. The Hall–Kier alpha value is -1.00. The number of hydrogen-bond acceptors (Lipinski definition) is 2. The lowest BCUT2D eigenvalue weighted by Gasteiger charge is -2.37. The van der Waals surface area contributed by atoms with Gasteiger partial charge in [-0.3, -0.25) is 4.90 Å². The Bertz CT molecular complexity index is 456. The summed E-state index contributed by atoms with van der Waals surface area (Å²) < 4.78 is 27.5. The van der Waals surface area contributed by atoms with Crippen molar-refractivity contribution in [3.63, 3.8) is 0 Å². The Labute approximate surface area is 126 Å². The summed E-state index contributed by atoms with van der Waals surface area (Å²) in [4.78, 5) is 2.25. The molecule has 1 aliphatic heterocycles. The zero-order valence-corrected chi connectivity index (χ0v) is 13.2. The fourth-order valence-corrected chi connectivity index (χ4v) is 3.17. The predicted molar refractivity (Wildman–Crippen MR) is 82.3 cm³/mol. The van der Waals surface area contributed by atoms with E-state index < -0.39 is 11.6 Å². The normalized spacial score (nSPS) is 21.0. The van der Waals surface area contributed by atoms with Crippen LogP contribution in [0.1, 0.15) is 51.6 Å². The smallest absolute Gasteiger partial charge is 0.163 e. The summed E-state index contributed by atoms with van der Waals surface area (Å²) in [5.74, 6) is -1.48. The van der Waals surface area contributed by atoms with Gasteiger partial charge in [0.05, 0.1) is 0 Å². The van der Waals surface area contributed by atoms with Crippen molar-refractivity contribution in [3.8, 4) is 0 Å². The van der Waals surface area contributed by atoms with Gasteiger partial charge in [0.15, 0.2) is 11.6 Å². The molecule has 2 unspecified atom stereocenters. The SMILES string of the molecule is CC(C)N(CC1CCCCN1)C(C)c1cccc(F)c1F. The highest BCUT2D eigenvalue weighted by atomic mass is 19.2. The first kappa shape index (κ1) is 16.4. The van der Waals surface area contributed by atoms with Crippen LogP contribution < -0.4 is 5.32 Å². The van der Waals surface area contributed by atoms with Gasteiger partial charge in [0.25, 0.3) is 0 Å². The molecular weight excluding hydrogens is 270 g/mol. The van der Waals surface area contributed by atoms with Gasteiger partial charge in [-0.05, 0) is 46.2 Å². The van der Waals surface area contributed by atoms with Gasteiger partial charge in [0, 0.05) is 30.2 Å². The van der Waals surface area contributed by atoms with Crippen molar-refractivity contribution in [2.75, 3.05) is 13.1 Å². The molecule has 0 saturated carbocycles. The second kappa shape index (κ2) is 7.32. The van der Waals surface area contributed by atoms with Gasteiger partial charge < -0.3 is 5.32 Å². The maximum absolute atomic E-state index is 14.0. The summed E-state index contributed by atoms with van der Waals surface area (Å²) in [6.07, 6.45) is 3.63. The quantitative estimate of drug-likeness (QED) is 0.887. The molecular formula is C17H26F2N2. The third kappa shape index (κ3) is 4.01. The first-order valence-corrected chi connectivity index (χ1v) is 7.93. The molecule has 0 amide bonds. The van der Waals surface area contributed by atoms with E-state index in [0.717, 1.165) is 19.5 Å². The number of benzene rings is 1. The van der Waals surface area contributed by atoms with Gasteiger partial charge >= 0.3 is 0 Å². The fraction of sp³-hybridized carbons (Fsp3) is 0.647. The molecule has 2 nitrogen and oxygen atoms in total. The first-order valence-electron chi connectivity index (χ1n) is 7.93. The average molecular weight is 296 g/mol. The molecule has 1 aromatic carbocycles. The molecule has 0 aliphatic carbocycles. The van der Waals surface area contributed by atoms with E-state index in [2.05, 4.69) is 24.1 Å². The number of halogens is 2. The largest absolute Gasteiger partial charge is 0.313 e. The molecule has 1 aromatic rings. The van der Waals surface area contributed by atoms with E-state index in [1.165, 1.54) is 18.9 Å². The van der Waals surface area contributed by atoms with Crippen LogP contribution in [-0.4, -0.2) is 30.1 Å². The lowest BCUT2D eigenvalue weighted by atomic mass is 10.00. The van der Waals surface area contributed by atoms with Crippen molar-refractivity contribution < 1.29 is 8.78 Å². The molecule has 1 N–H and O–H groups in total. The predicted octanol–water partition coefficient (Wildman–Crippen LogP) is 3.88. The fourth-order valence-electron chi connectivity index (χ4n) is 3.17. The molecule has 0 spiro atoms. The second-order valence-electron chi connectivity index (χ2n) is 6.26. The molecule has 1 fully saturated rings. The third-order valence-electron chi connectivity index (χ3n) is 4.44. The Morgan fingerprint density at radius 2 is 2.00 bits per heavy atom. The minimum absolute atomic E-state index is 0.135. The Kier molecular flexibility index (Phi) is 5.71. The van der Waals surface area contributed by atoms with Crippen molar-refractivity contribution in [2.24, 2.45) is 0 Å². The van der Waals surface area contributed by atoms with Crippen LogP contribution in [0.5, 0.6) is 0 Å². The third-order valence-corrected chi connectivity index (χ3v) is 4.44. The van der Waals surface area contributed by atoms with Crippen molar-refractivity contribution in [3.05, 3.63) is 35.4 Å². The van der Waals surface area contributed by atoms with Crippen molar-refractivity contribution in [2.45, 2.75) is 58.2 Å². The van der Waals surface area contributed by atoms with E-state index in [4.69, 9.17) is 0 Å². The zero-order chi connectivity index (χ0) is 15.4. The zero-order valence-electron chi connectivity index (χ0n) is 13.2. The molecule has 1 aliphatic rings. The minimum atomic E-state index is -0.765. The lowest BCUT2D eigenvalue weighted by Crippen LogP contribution is -2.46. The number of nitrogens with one attached hydrogen (secondary N) is 1. The summed E-state index contributed by atoms with van der Waals surface area (Å²) in [6.45, 7) is 8.10. The molecule has 2 atom stereocenters. The molecule has 21 heavy (non-hydrogen) atoms. The maximum atomic E-state index is 14.0.